The summed E-state index contributed by atoms with van der Waals surface area (Å²) in [6.45, 7) is 10.2. The Balaban J connectivity index is 2.44. The van der Waals surface area contributed by atoms with Crippen molar-refractivity contribution in [1.29, 1.82) is 0 Å². The Kier molecular flexibility index (Phi) is 5.66. The van der Waals surface area contributed by atoms with Gasteiger partial charge in [-0.25, -0.2) is 0 Å². The molecule has 2 nitrogen and oxygen atoms in total. The minimum absolute atomic E-state index is 0.297. The first kappa shape index (κ1) is 14.2. The first-order valence-electron chi connectivity index (χ1n) is 6.44. The molecule has 0 spiro atoms. The van der Waals surface area contributed by atoms with Crippen LogP contribution in [-0.2, 0) is 6.42 Å². The summed E-state index contributed by atoms with van der Waals surface area (Å²) in [7, 11) is 0. The predicted molar refractivity (Wildman–Crippen MR) is 73.3 cm³/mol. The van der Waals surface area contributed by atoms with Gasteiger partial charge in [0.2, 0.25) is 0 Å². The maximum atomic E-state index is 9.97. The number of rotatable bonds is 6. The van der Waals surface area contributed by atoms with Gasteiger partial charge in [0.05, 0.1) is 6.10 Å². The lowest BCUT2D eigenvalue weighted by Crippen LogP contribution is -2.31. The highest BCUT2D eigenvalue weighted by Gasteiger charge is 2.07. The normalized spacial score (nSPS) is 13.1. The SMILES string of the molecule is Cc1ccc(C)c(C[C@@H](O)CNCC(C)C)c1. The molecular formula is C15H25NO. The van der Waals surface area contributed by atoms with E-state index >= 15 is 0 Å². The molecule has 0 aliphatic carbocycles. The van der Waals surface area contributed by atoms with Crippen molar-refractivity contribution in [2.45, 2.75) is 40.2 Å². The summed E-state index contributed by atoms with van der Waals surface area (Å²) in [5.74, 6) is 0.628. The van der Waals surface area contributed by atoms with Crippen molar-refractivity contribution in [3.8, 4) is 0 Å². The van der Waals surface area contributed by atoms with Crippen LogP contribution in [0.5, 0.6) is 0 Å². The molecule has 1 atom stereocenters. The van der Waals surface area contributed by atoms with Crippen molar-refractivity contribution >= 4 is 0 Å². The van der Waals surface area contributed by atoms with Crippen molar-refractivity contribution in [1.82, 2.24) is 5.32 Å². The average Bonchev–Trinajstić information content (AvgIpc) is 2.23. The summed E-state index contributed by atoms with van der Waals surface area (Å²) in [5.41, 5.74) is 3.77. The van der Waals surface area contributed by atoms with E-state index in [1.165, 1.54) is 16.7 Å². The Labute approximate surface area is 105 Å². The second-order valence-electron chi connectivity index (χ2n) is 5.34. The lowest BCUT2D eigenvalue weighted by molar-refractivity contribution is 0.170. The summed E-state index contributed by atoms with van der Waals surface area (Å²) in [6, 6.07) is 6.40. The van der Waals surface area contributed by atoms with Crippen LogP contribution in [0, 0.1) is 19.8 Å². The summed E-state index contributed by atoms with van der Waals surface area (Å²) in [6.07, 6.45) is 0.438. The molecule has 1 aromatic carbocycles. The van der Waals surface area contributed by atoms with Gasteiger partial charge in [0.1, 0.15) is 0 Å². The van der Waals surface area contributed by atoms with Crippen LogP contribution in [0.4, 0.5) is 0 Å². The molecule has 0 unspecified atom stereocenters. The summed E-state index contributed by atoms with van der Waals surface area (Å²) in [5, 5.41) is 13.3. The van der Waals surface area contributed by atoms with Gasteiger partial charge in [-0.2, -0.15) is 0 Å². The Bertz CT molecular complexity index is 347. The van der Waals surface area contributed by atoms with Crippen LogP contribution in [-0.4, -0.2) is 24.3 Å². The smallest absolute Gasteiger partial charge is 0.0704 e. The van der Waals surface area contributed by atoms with Crippen molar-refractivity contribution in [2.24, 2.45) is 5.92 Å². The predicted octanol–water partition coefficient (Wildman–Crippen LogP) is 2.45. The molecule has 1 aromatic rings. The van der Waals surface area contributed by atoms with E-state index in [4.69, 9.17) is 0 Å². The van der Waals surface area contributed by atoms with Gasteiger partial charge in [0.15, 0.2) is 0 Å². The third-order valence-corrected chi connectivity index (χ3v) is 2.89. The Hall–Kier alpha value is -0.860. The van der Waals surface area contributed by atoms with Crippen molar-refractivity contribution < 1.29 is 5.11 Å². The first-order valence-corrected chi connectivity index (χ1v) is 6.44. The van der Waals surface area contributed by atoms with E-state index in [2.05, 4.69) is 51.2 Å². The summed E-state index contributed by atoms with van der Waals surface area (Å²) in [4.78, 5) is 0. The highest BCUT2D eigenvalue weighted by Crippen LogP contribution is 2.12. The van der Waals surface area contributed by atoms with Gasteiger partial charge >= 0.3 is 0 Å². The molecule has 17 heavy (non-hydrogen) atoms. The van der Waals surface area contributed by atoms with E-state index in [9.17, 15) is 5.11 Å². The minimum atomic E-state index is -0.297. The van der Waals surface area contributed by atoms with Crippen molar-refractivity contribution in [3.05, 3.63) is 34.9 Å². The van der Waals surface area contributed by atoms with Gasteiger partial charge in [-0.15, -0.1) is 0 Å². The number of hydrogen-bond acceptors (Lipinski definition) is 2. The second-order valence-corrected chi connectivity index (χ2v) is 5.34. The number of aliphatic hydroxyl groups excluding tert-OH is 1. The van der Waals surface area contributed by atoms with Crippen LogP contribution in [0.2, 0.25) is 0 Å². The van der Waals surface area contributed by atoms with Crippen LogP contribution in [0.25, 0.3) is 0 Å². The summed E-state index contributed by atoms with van der Waals surface area (Å²) >= 11 is 0. The van der Waals surface area contributed by atoms with E-state index in [1.807, 2.05) is 0 Å². The second kappa shape index (κ2) is 6.77. The highest BCUT2D eigenvalue weighted by molar-refractivity contribution is 5.30. The number of hydrogen-bond donors (Lipinski definition) is 2. The molecule has 0 amide bonds. The quantitative estimate of drug-likeness (QED) is 0.794. The molecule has 0 bridgehead atoms. The third kappa shape index (κ3) is 5.33. The molecule has 0 aliphatic heterocycles. The van der Waals surface area contributed by atoms with Gasteiger partial charge < -0.3 is 10.4 Å². The number of aliphatic hydroxyl groups is 1. The molecule has 2 heteroatoms. The van der Waals surface area contributed by atoms with Gasteiger partial charge in [-0.05, 0) is 43.9 Å². The fourth-order valence-corrected chi connectivity index (χ4v) is 1.88. The van der Waals surface area contributed by atoms with E-state index in [-0.39, 0.29) is 6.10 Å². The zero-order chi connectivity index (χ0) is 12.8. The van der Waals surface area contributed by atoms with Crippen LogP contribution in [0.15, 0.2) is 18.2 Å². The fourth-order valence-electron chi connectivity index (χ4n) is 1.88. The molecule has 0 aliphatic rings. The monoisotopic (exact) mass is 235 g/mol. The van der Waals surface area contributed by atoms with E-state index in [0.29, 0.717) is 12.5 Å². The maximum Gasteiger partial charge on any atom is 0.0704 e. The van der Waals surface area contributed by atoms with E-state index in [1.54, 1.807) is 0 Å². The van der Waals surface area contributed by atoms with Crippen LogP contribution >= 0.6 is 0 Å². The third-order valence-electron chi connectivity index (χ3n) is 2.89. The molecule has 0 heterocycles. The maximum absolute atomic E-state index is 9.97. The zero-order valence-corrected chi connectivity index (χ0v) is 11.5. The Morgan fingerprint density at radius 2 is 1.88 bits per heavy atom. The van der Waals surface area contributed by atoms with Gasteiger partial charge in [-0.3, -0.25) is 0 Å². The molecule has 0 aromatic heterocycles. The lowest BCUT2D eigenvalue weighted by Gasteiger charge is -2.15. The first-order chi connectivity index (χ1) is 7.99. The topological polar surface area (TPSA) is 32.3 Å². The number of aryl methyl sites for hydroxylation is 2. The Morgan fingerprint density at radius 1 is 1.18 bits per heavy atom. The van der Waals surface area contributed by atoms with Gasteiger partial charge in [0.25, 0.3) is 0 Å². The zero-order valence-electron chi connectivity index (χ0n) is 11.5. The average molecular weight is 235 g/mol. The lowest BCUT2D eigenvalue weighted by atomic mass is 10.00. The van der Waals surface area contributed by atoms with Crippen LogP contribution in [0.3, 0.4) is 0 Å². The molecule has 0 saturated heterocycles. The van der Waals surface area contributed by atoms with Gasteiger partial charge in [-0.1, -0.05) is 37.6 Å². The van der Waals surface area contributed by atoms with Crippen molar-refractivity contribution in [2.75, 3.05) is 13.1 Å². The summed E-state index contributed by atoms with van der Waals surface area (Å²) < 4.78 is 0. The minimum Gasteiger partial charge on any atom is -0.391 e. The largest absolute Gasteiger partial charge is 0.391 e. The molecule has 0 saturated carbocycles. The molecule has 0 radical (unpaired) electrons. The molecule has 2 N–H and O–H groups in total. The van der Waals surface area contributed by atoms with Gasteiger partial charge in [0, 0.05) is 6.54 Å². The number of benzene rings is 1. The standard InChI is InChI=1S/C15H25NO/c1-11(2)9-16-10-15(17)8-14-7-12(3)5-6-13(14)4/h5-7,11,15-17H,8-10H2,1-4H3/t15-/m1/s1. The van der Waals surface area contributed by atoms with Crippen molar-refractivity contribution in [3.63, 3.8) is 0 Å². The molecule has 0 fully saturated rings. The Morgan fingerprint density at radius 3 is 2.53 bits per heavy atom. The molecular weight excluding hydrogens is 210 g/mol. The molecule has 96 valence electrons. The van der Waals surface area contributed by atoms with E-state index < -0.39 is 0 Å². The highest BCUT2D eigenvalue weighted by atomic mass is 16.3. The fraction of sp³-hybridized carbons (Fsp3) is 0.600. The van der Waals surface area contributed by atoms with Crippen LogP contribution < -0.4 is 5.32 Å². The van der Waals surface area contributed by atoms with Crippen LogP contribution in [0.1, 0.15) is 30.5 Å². The number of nitrogens with one attached hydrogen (secondary N) is 1. The van der Waals surface area contributed by atoms with E-state index in [0.717, 1.165) is 13.0 Å². The molecule has 1 rings (SSSR count).